The third-order valence-electron chi connectivity index (χ3n) is 16.4. The molecule has 9 N–H and O–H groups in total. The van der Waals surface area contributed by atoms with Gasteiger partial charge in [-0.25, -0.2) is 0 Å². The van der Waals surface area contributed by atoms with Crippen molar-refractivity contribution in [3.8, 4) is 17.2 Å². The number of carbonyl (C=O) groups excluding carboxylic acids is 4. The predicted molar refractivity (Wildman–Crippen MR) is 282 cm³/mol. The molecule has 0 spiro atoms. The molecule has 20 unspecified atom stereocenters. The zero-order chi connectivity index (χ0) is 60.8. The third-order valence-corrected chi connectivity index (χ3v) is 16.4. The van der Waals surface area contributed by atoms with Crippen LogP contribution in [0.2, 0.25) is 0 Å². The van der Waals surface area contributed by atoms with Gasteiger partial charge in [0.05, 0.1) is 71.8 Å². The highest BCUT2D eigenvalue weighted by Crippen LogP contribution is 2.46. The number of phenols is 2. The van der Waals surface area contributed by atoms with Crippen LogP contribution in [-0.2, 0) is 77.6 Å². The quantitative estimate of drug-likeness (QED) is 0.0948. The number of esters is 2. The zero-order valence-corrected chi connectivity index (χ0v) is 48.4. The number of hydrogen-bond donors (Lipinski definition) is 9. The summed E-state index contributed by atoms with van der Waals surface area (Å²) in [5, 5.41) is 99.5. The molecule has 5 aliphatic heterocycles. The Balaban J connectivity index is 1.01. The smallest absolute Gasteiger partial charge is 0.308 e. The molecule has 0 aromatic heterocycles. The Labute approximate surface area is 480 Å². The Morgan fingerprint density at radius 2 is 1.24 bits per heavy atom. The maximum absolute atomic E-state index is 15.0. The Bertz CT molecular complexity index is 2600. The first-order valence-corrected chi connectivity index (χ1v) is 28.3. The molecular formula is C57H82O26. The van der Waals surface area contributed by atoms with Crippen molar-refractivity contribution in [2.24, 2.45) is 11.8 Å². The lowest BCUT2D eigenvalue weighted by Crippen LogP contribution is -2.59. The number of aliphatic hydroxyl groups excluding tert-OH is 6. The molecule has 5 fully saturated rings. The molecule has 5 heterocycles. The van der Waals surface area contributed by atoms with E-state index in [0.29, 0.717) is 0 Å². The van der Waals surface area contributed by atoms with Gasteiger partial charge < -0.3 is 108 Å². The number of methoxy groups -OCH3 is 1. The lowest BCUT2D eigenvalue weighted by atomic mass is 9.75. The van der Waals surface area contributed by atoms with Crippen LogP contribution >= 0.6 is 0 Å². The molecule has 2 aromatic carbocycles. The van der Waals surface area contributed by atoms with E-state index in [1.807, 2.05) is 0 Å². The van der Waals surface area contributed by atoms with Gasteiger partial charge >= 0.3 is 11.9 Å². The van der Waals surface area contributed by atoms with E-state index in [1.54, 1.807) is 41.5 Å². The molecule has 2 aromatic rings. The lowest BCUT2D eigenvalue weighted by molar-refractivity contribution is -0.334. The molecule has 25 atom stereocenters. The average Bonchev–Trinajstić information content (AvgIpc) is 2.17. The highest BCUT2D eigenvalue weighted by molar-refractivity contribution is 6.11. The standard InChI is InChI=1S/C57H82O26/c1-21(2)56(69)83-55-27(8)76-42(20-57(55,10)70)80-36-17-40(73-24(5)48(36)65)79-35-18-41(74-25(6)47(35)64)82-54-32(53(71-11)51(68)45(62)22(3)58)14-30-12-29-13-31(15-33(60)43(29)49(66)44(30)50(54)67)78-39-19-37(77-28(9)59)52(26(7)75-39)81-38-16-34(61)46(63)23(4)72-38/h12-13,15,21-27,32,34-42,45-48,52-55,58,60-66,70H,14,16-20H2,1-11H3/t22-,23?,24?,25?,26?,27?,32+,34?,35?,36?,37?,38?,39?,40?,41?,42?,45+,46?,47?,48?,52?,53+,54+,55?,57?/m1/s1. The Morgan fingerprint density at radius 1 is 0.687 bits per heavy atom. The molecule has 6 aliphatic rings. The SMILES string of the molecule is CO[C@H](C(=O)[C@@H](O)[C@@H](C)O)[C@@H]1Cc2cc3cc(OC4CC(OC(C)=O)C(OC5CC(O)C(O)C(C)O5)C(C)O4)cc(O)c3c(O)c2C(=O)[C@H]1OC1CC(OC2CC(OC3CC(C)(O)C(OC(=O)C(C)C)C(C)O3)C(O)C(C)O2)C(O)C(C)O1. The fourth-order valence-electron chi connectivity index (χ4n) is 12.0. The van der Waals surface area contributed by atoms with Crippen LogP contribution in [0.15, 0.2) is 18.2 Å². The molecule has 83 heavy (non-hydrogen) atoms. The number of fused-ring (bicyclic) bond motifs is 2. The van der Waals surface area contributed by atoms with E-state index in [0.717, 1.165) is 0 Å². The number of ether oxygens (including phenoxy) is 13. The summed E-state index contributed by atoms with van der Waals surface area (Å²) in [6.45, 7) is 15.2. The fraction of sp³-hybridized carbons (Fsp3) is 0.754. The second-order valence-corrected chi connectivity index (χ2v) is 23.5. The first kappa shape index (κ1) is 64.7. The van der Waals surface area contributed by atoms with E-state index in [4.69, 9.17) is 61.6 Å². The Kier molecular flexibility index (Phi) is 20.5. The van der Waals surface area contributed by atoms with Crippen molar-refractivity contribution < 1.29 is 127 Å². The average molecular weight is 1180 g/mol. The van der Waals surface area contributed by atoms with Crippen LogP contribution in [0.1, 0.15) is 117 Å². The minimum atomic E-state index is -1.97. The highest BCUT2D eigenvalue weighted by atomic mass is 16.7. The molecule has 1 aliphatic carbocycles. The number of aliphatic hydroxyl groups is 7. The molecule has 466 valence electrons. The van der Waals surface area contributed by atoms with Crippen molar-refractivity contribution in [3.63, 3.8) is 0 Å². The van der Waals surface area contributed by atoms with E-state index in [9.17, 15) is 60.3 Å². The normalized spacial score (nSPS) is 39.8. The summed E-state index contributed by atoms with van der Waals surface area (Å²) in [5.74, 6) is -5.88. The molecule has 0 amide bonds. The van der Waals surface area contributed by atoms with Gasteiger partial charge in [-0.15, -0.1) is 0 Å². The molecule has 26 nitrogen and oxygen atoms in total. The van der Waals surface area contributed by atoms with E-state index in [-0.39, 0.29) is 66.2 Å². The van der Waals surface area contributed by atoms with Crippen molar-refractivity contribution in [2.75, 3.05) is 7.11 Å². The van der Waals surface area contributed by atoms with Crippen molar-refractivity contribution in [3.05, 3.63) is 29.3 Å². The van der Waals surface area contributed by atoms with Gasteiger partial charge in [-0.2, -0.15) is 0 Å². The van der Waals surface area contributed by atoms with Crippen molar-refractivity contribution in [1.82, 2.24) is 0 Å². The van der Waals surface area contributed by atoms with Gasteiger partial charge in [0.15, 0.2) is 42.8 Å². The third kappa shape index (κ3) is 14.3. The number of ketones is 2. The number of carbonyl (C=O) groups is 4. The highest BCUT2D eigenvalue weighted by Gasteiger charge is 2.53. The molecule has 26 heteroatoms. The van der Waals surface area contributed by atoms with Crippen LogP contribution in [0.4, 0.5) is 0 Å². The van der Waals surface area contributed by atoms with Gasteiger partial charge in [0, 0.05) is 58.1 Å². The van der Waals surface area contributed by atoms with Crippen molar-refractivity contribution in [1.29, 1.82) is 0 Å². The first-order chi connectivity index (χ1) is 39.0. The van der Waals surface area contributed by atoms with Gasteiger partial charge in [0.25, 0.3) is 0 Å². The van der Waals surface area contributed by atoms with E-state index in [2.05, 4.69) is 0 Å². The maximum Gasteiger partial charge on any atom is 0.308 e. The number of benzene rings is 2. The predicted octanol–water partition coefficient (Wildman–Crippen LogP) is 1.22. The van der Waals surface area contributed by atoms with Crippen LogP contribution in [0, 0.1) is 11.8 Å². The monoisotopic (exact) mass is 1180 g/mol. The second kappa shape index (κ2) is 26.4. The zero-order valence-electron chi connectivity index (χ0n) is 48.4. The van der Waals surface area contributed by atoms with E-state index >= 15 is 4.79 Å². The van der Waals surface area contributed by atoms with Crippen molar-refractivity contribution >= 4 is 34.3 Å². The number of hydrogen-bond acceptors (Lipinski definition) is 26. The van der Waals surface area contributed by atoms with Crippen LogP contribution in [0.3, 0.4) is 0 Å². The van der Waals surface area contributed by atoms with Gasteiger partial charge in [-0.05, 0) is 78.0 Å². The Hall–Kier alpha value is -4.30. The van der Waals surface area contributed by atoms with Gasteiger partial charge in [-0.3, -0.25) is 19.2 Å². The van der Waals surface area contributed by atoms with Crippen molar-refractivity contribution in [2.45, 2.75) is 255 Å². The molecule has 0 radical (unpaired) electrons. The number of rotatable bonds is 18. The summed E-state index contributed by atoms with van der Waals surface area (Å²) in [5.41, 5.74) is -1.68. The second-order valence-electron chi connectivity index (χ2n) is 23.5. The lowest BCUT2D eigenvalue weighted by Gasteiger charge is -2.47. The van der Waals surface area contributed by atoms with Crippen LogP contribution in [-0.4, -0.2) is 223 Å². The molecule has 0 bridgehead atoms. The molecule has 0 saturated carbocycles. The minimum Gasteiger partial charge on any atom is -0.507 e. The van der Waals surface area contributed by atoms with Gasteiger partial charge in [0.1, 0.15) is 71.7 Å². The topological polar surface area (TPSA) is 370 Å². The van der Waals surface area contributed by atoms with E-state index < -0.39 is 194 Å². The summed E-state index contributed by atoms with van der Waals surface area (Å²) in [7, 11) is 1.17. The summed E-state index contributed by atoms with van der Waals surface area (Å²) in [4.78, 5) is 53.8. The summed E-state index contributed by atoms with van der Waals surface area (Å²) in [6.07, 6.45) is -27.2. The Morgan fingerprint density at radius 3 is 1.81 bits per heavy atom. The fourth-order valence-corrected chi connectivity index (χ4v) is 12.0. The summed E-state index contributed by atoms with van der Waals surface area (Å²) < 4.78 is 78.4. The minimum absolute atomic E-state index is 0.0247. The number of aromatic hydroxyl groups is 2. The maximum atomic E-state index is 15.0. The number of phenolic OH excluding ortho intramolecular Hbond substituents is 2. The van der Waals surface area contributed by atoms with Gasteiger partial charge in [0.2, 0.25) is 6.29 Å². The summed E-state index contributed by atoms with van der Waals surface area (Å²) >= 11 is 0. The largest absolute Gasteiger partial charge is 0.507 e. The summed E-state index contributed by atoms with van der Waals surface area (Å²) in [6, 6.07) is 4.14. The number of Topliss-reactive ketones (excluding diaryl/α,β-unsaturated/α-hetero) is 2. The van der Waals surface area contributed by atoms with Crippen LogP contribution in [0.25, 0.3) is 10.8 Å². The van der Waals surface area contributed by atoms with Gasteiger partial charge in [-0.1, -0.05) is 13.8 Å². The van der Waals surface area contributed by atoms with Crippen LogP contribution < -0.4 is 4.74 Å². The first-order valence-electron chi connectivity index (χ1n) is 28.3. The van der Waals surface area contributed by atoms with E-state index in [1.165, 1.54) is 53.0 Å². The van der Waals surface area contributed by atoms with Crippen LogP contribution in [0.5, 0.6) is 17.2 Å². The molecule has 5 saturated heterocycles. The molecule has 8 rings (SSSR count). The molecular weight excluding hydrogens is 1100 g/mol.